The molecular formula is C40H54N2O7. The molecule has 2 aliphatic rings. The number of nitrogens with one attached hydrogen (secondary N) is 1. The van der Waals surface area contributed by atoms with Crippen molar-refractivity contribution in [1.82, 2.24) is 4.90 Å². The van der Waals surface area contributed by atoms with Gasteiger partial charge in [0.25, 0.3) is 0 Å². The van der Waals surface area contributed by atoms with E-state index in [1.807, 2.05) is 57.2 Å². The molecule has 9 heteroatoms. The molecule has 5 rings (SSSR count). The van der Waals surface area contributed by atoms with Crippen molar-refractivity contribution in [2.45, 2.75) is 89.6 Å². The van der Waals surface area contributed by atoms with Gasteiger partial charge >= 0.3 is 6.09 Å². The van der Waals surface area contributed by atoms with Gasteiger partial charge in [-0.1, -0.05) is 42.5 Å². The van der Waals surface area contributed by atoms with Gasteiger partial charge in [-0.25, -0.2) is 4.79 Å². The Morgan fingerprint density at radius 1 is 1.04 bits per heavy atom. The number of nitrogens with zero attached hydrogens (tertiary/aromatic N) is 1. The maximum atomic E-state index is 13.2. The lowest BCUT2D eigenvalue weighted by Gasteiger charge is -2.40. The molecule has 1 saturated heterocycles. The summed E-state index contributed by atoms with van der Waals surface area (Å²) in [5.41, 5.74) is 5.17. The number of methoxy groups -OCH3 is 1. The summed E-state index contributed by atoms with van der Waals surface area (Å²) in [7, 11) is 1.67. The molecule has 3 atom stereocenters. The number of fused-ring (bicyclic) bond motifs is 1. The van der Waals surface area contributed by atoms with Crippen LogP contribution in [0.3, 0.4) is 0 Å². The monoisotopic (exact) mass is 674 g/mol. The van der Waals surface area contributed by atoms with Crippen LogP contribution in [0.2, 0.25) is 0 Å². The Kier molecular flexibility index (Phi) is 13.2. The molecule has 266 valence electrons. The number of hydrogen-bond acceptors (Lipinski definition) is 8. The van der Waals surface area contributed by atoms with Gasteiger partial charge in [0.2, 0.25) is 0 Å². The summed E-state index contributed by atoms with van der Waals surface area (Å²) in [5, 5.41) is 13.3. The number of likely N-dealkylation sites (tertiary alicyclic amines) is 1. The lowest BCUT2D eigenvalue weighted by molar-refractivity contribution is -0.0688. The van der Waals surface area contributed by atoms with E-state index in [1.165, 1.54) is 5.56 Å². The first-order valence-corrected chi connectivity index (χ1v) is 17.8. The molecule has 0 saturated carbocycles. The quantitative estimate of drug-likeness (QED) is 0.159. The van der Waals surface area contributed by atoms with Gasteiger partial charge in [0.15, 0.2) is 0 Å². The van der Waals surface area contributed by atoms with Gasteiger partial charge in [0.05, 0.1) is 45.7 Å². The van der Waals surface area contributed by atoms with Crippen LogP contribution < -0.4 is 14.8 Å². The molecule has 0 aromatic heterocycles. The minimum absolute atomic E-state index is 0.0727. The van der Waals surface area contributed by atoms with Gasteiger partial charge in [-0.05, 0) is 93.8 Å². The average molecular weight is 675 g/mol. The van der Waals surface area contributed by atoms with Crippen molar-refractivity contribution in [2.24, 2.45) is 0 Å². The number of carbonyl (C=O) groups is 1. The fourth-order valence-corrected chi connectivity index (χ4v) is 6.57. The van der Waals surface area contributed by atoms with Crippen LogP contribution in [0.25, 0.3) is 0 Å². The van der Waals surface area contributed by atoms with Crippen LogP contribution in [0, 0.1) is 0 Å². The van der Waals surface area contributed by atoms with Gasteiger partial charge < -0.3 is 39.0 Å². The summed E-state index contributed by atoms with van der Waals surface area (Å²) in [6, 6.07) is 22.7. The third-order valence-corrected chi connectivity index (χ3v) is 9.08. The minimum Gasteiger partial charge on any atom is -0.496 e. The van der Waals surface area contributed by atoms with E-state index < -0.39 is 5.60 Å². The Hall–Kier alpha value is -3.79. The van der Waals surface area contributed by atoms with Crippen LogP contribution in [0.1, 0.15) is 87.2 Å². The highest BCUT2D eigenvalue weighted by molar-refractivity contribution is 5.68. The summed E-state index contributed by atoms with van der Waals surface area (Å²) in [6.07, 6.45) is 4.21. The third kappa shape index (κ3) is 10.6. The molecule has 2 aliphatic heterocycles. The molecule has 1 amide bonds. The number of carbonyl (C=O) groups excluding carboxylic acids is 1. The maximum Gasteiger partial charge on any atom is 0.410 e. The van der Waals surface area contributed by atoms with Gasteiger partial charge in [0, 0.05) is 43.3 Å². The van der Waals surface area contributed by atoms with E-state index in [-0.39, 0.29) is 30.8 Å². The number of aryl methyl sites for hydroxylation is 1. The van der Waals surface area contributed by atoms with Crippen LogP contribution >= 0.6 is 0 Å². The van der Waals surface area contributed by atoms with Gasteiger partial charge in [-0.2, -0.15) is 0 Å². The van der Waals surface area contributed by atoms with Crippen LogP contribution in [0.5, 0.6) is 11.5 Å². The molecule has 3 unspecified atom stereocenters. The van der Waals surface area contributed by atoms with Crippen molar-refractivity contribution in [3.05, 3.63) is 89.0 Å². The second kappa shape index (κ2) is 17.7. The molecule has 3 aromatic rings. The number of benzene rings is 3. The summed E-state index contributed by atoms with van der Waals surface area (Å²) < 4.78 is 30.0. The first kappa shape index (κ1) is 36.5. The molecule has 2 heterocycles. The Balaban J connectivity index is 1.24. The zero-order chi connectivity index (χ0) is 34.6. The third-order valence-electron chi connectivity index (χ3n) is 9.08. The highest BCUT2D eigenvalue weighted by Gasteiger charge is 2.37. The second-order valence-corrected chi connectivity index (χ2v) is 13.9. The van der Waals surface area contributed by atoms with E-state index in [9.17, 15) is 9.90 Å². The van der Waals surface area contributed by atoms with Crippen LogP contribution in [0.4, 0.5) is 10.5 Å². The Labute approximate surface area is 291 Å². The lowest BCUT2D eigenvalue weighted by Crippen LogP contribution is -2.48. The first-order valence-electron chi connectivity index (χ1n) is 17.8. The highest BCUT2D eigenvalue weighted by Crippen LogP contribution is 2.37. The van der Waals surface area contributed by atoms with E-state index >= 15 is 0 Å². The number of aliphatic hydroxyl groups is 1. The second-order valence-electron chi connectivity index (χ2n) is 13.9. The van der Waals surface area contributed by atoms with Gasteiger partial charge in [-0.3, -0.25) is 0 Å². The standard InChI is InChI=1S/C40H54N2O7/c1-40(2,3)49-39(44)42-22-20-34(38(27-42)48-37(13-8-23-43)31-15-14-30-11-7-21-41-35(30)26-31)29-16-18-33(19-17-29)47-25-9-24-46-28-32-10-5-6-12-36(32)45-4/h5-6,10,12,14-19,26,34,37-38,41,43H,7-9,11,13,20-25,27-28H2,1-4H3. The summed E-state index contributed by atoms with van der Waals surface area (Å²) in [6.45, 7) is 9.36. The van der Waals surface area contributed by atoms with Crippen molar-refractivity contribution >= 4 is 11.8 Å². The van der Waals surface area contributed by atoms with E-state index in [4.69, 9.17) is 23.7 Å². The minimum atomic E-state index is -0.582. The van der Waals surface area contributed by atoms with Crippen LogP contribution in [-0.4, -0.2) is 74.4 Å². The largest absolute Gasteiger partial charge is 0.496 e. The Morgan fingerprint density at radius 3 is 2.63 bits per heavy atom. The Bertz CT molecular complexity index is 1470. The smallest absolute Gasteiger partial charge is 0.410 e. The highest BCUT2D eigenvalue weighted by atomic mass is 16.6. The number of para-hydroxylation sites is 1. The number of rotatable bonds is 15. The van der Waals surface area contributed by atoms with E-state index in [2.05, 4.69) is 35.6 Å². The van der Waals surface area contributed by atoms with E-state index in [0.717, 1.165) is 66.1 Å². The molecule has 0 bridgehead atoms. The molecule has 0 radical (unpaired) electrons. The van der Waals surface area contributed by atoms with E-state index in [1.54, 1.807) is 12.0 Å². The van der Waals surface area contributed by atoms with Crippen LogP contribution in [0.15, 0.2) is 66.7 Å². The SMILES string of the molecule is COc1ccccc1COCCCOc1ccc(C2CCN(C(=O)OC(C)(C)C)CC2OC(CCCO)c2ccc3c(c2)NCCC3)cc1. The van der Waals surface area contributed by atoms with Crippen molar-refractivity contribution in [1.29, 1.82) is 0 Å². The number of aliphatic hydroxyl groups excluding tert-OH is 1. The van der Waals surface area contributed by atoms with Crippen molar-refractivity contribution in [3.63, 3.8) is 0 Å². The topological polar surface area (TPSA) is 98.7 Å². The number of anilines is 1. The molecule has 9 nitrogen and oxygen atoms in total. The molecule has 2 N–H and O–H groups in total. The predicted molar refractivity (Wildman–Crippen MR) is 192 cm³/mol. The zero-order valence-electron chi connectivity index (χ0n) is 29.6. The number of hydrogen-bond donors (Lipinski definition) is 2. The summed E-state index contributed by atoms with van der Waals surface area (Å²) in [5.74, 6) is 1.71. The van der Waals surface area contributed by atoms with Gasteiger partial charge in [-0.15, -0.1) is 0 Å². The molecule has 0 aliphatic carbocycles. The average Bonchev–Trinajstić information content (AvgIpc) is 3.11. The number of piperidine rings is 1. The maximum absolute atomic E-state index is 13.2. The number of ether oxygens (including phenoxy) is 5. The molecule has 3 aromatic carbocycles. The summed E-state index contributed by atoms with van der Waals surface area (Å²) in [4.78, 5) is 15.0. The van der Waals surface area contributed by atoms with Crippen LogP contribution in [-0.2, 0) is 27.2 Å². The molecule has 0 spiro atoms. The molecular weight excluding hydrogens is 620 g/mol. The molecule has 1 fully saturated rings. The first-order chi connectivity index (χ1) is 23.7. The zero-order valence-corrected chi connectivity index (χ0v) is 29.6. The normalized spacial score (nSPS) is 18.3. The fourth-order valence-electron chi connectivity index (χ4n) is 6.57. The summed E-state index contributed by atoms with van der Waals surface area (Å²) >= 11 is 0. The fraction of sp³-hybridized carbons (Fsp3) is 0.525. The Morgan fingerprint density at radius 2 is 1.86 bits per heavy atom. The predicted octanol–water partition coefficient (Wildman–Crippen LogP) is 7.66. The van der Waals surface area contributed by atoms with Crippen molar-refractivity contribution < 1.29 is 33.6 Å². The molecule has 49 heavy (non-hydrogen) atoms. The van der Waals surface area contributed by atoms with Gasteiger partial charge in [0.1, 0.15) is 17.1 Å². The van der Waals surface area contributed by atoms with E-state index in [0.29, 0.717) is 45.8 Å². The number of amides is 1. The lowest BCUT2D eigenvalue weighted by atomic mass is 9.86. The van der Waals surface area contributed by atoms with Crippen molar-refractivity contribution in [3.8, 4) is 11.5 Å². The van der Waals surface area contributed by atoms with Crippen molar-refractivity contribution in [2.75, 3.05) is 51.9 Å².